The molecule has 0 saturated heterocycles. The van der Waals surface area contributed by atoms with E-state index in [1.165, 1.54) is 28.4 Å². The highest BCUT2D eigenvalue weighted by atomic mass is 19.1. The van der Waals surface area contributed by atoms with Crippen LogP contribution in [0.1, 0.15) is 0 Å². The summed E-state index contributed by atoms with van der Waals surface area (Å²) in [6, 6.07) is 7.04. The topological polar surface area (TPSA) is 81.7 Å². The zero-order valence-corrected chi connectivity index (χ0v) is 15.6. The molecular formula is C18H21FN4O4. The Kier molecular flexibility index (Phi) is 5.49. The average molecular weight is 376 g/mol. The molecule has 0 radical (unpaired) electrons. The van der Waals surface area contributed by atoms with Crippen LogP contribution in [-0.2, 0) is 0 Å². The molecule has 0 spiro atoms. The lowest BCUT2D eigenvalue weighted by molar-refractivity contribution is 0.324. The number of methoxy groups -OCH3 is 4. The number of ether oxygens (including phenoxy) is 4. The van der Waals surface area contributed by atoms with E-state index in [-0.39, 0.29) is 6.54 Å². The summed E-state index contributed by atoms with van der Waals surface area (Å²) < 4.78 is 34.6. The zero-order chi connectivity index (χ0) is 19.4. The quantitative estimate of drug-likeness (QED) is 0.647. The van der Waals surface area contributed by atoms with Gasteiger partial charge in [0.2, 0.25) is 11.6 Å². The maximum Gasteiger partial charge on any atom is 0.214 e. The molecule has 0 unspecified atom stereocenters. The number of aromatic amines is 1. The second-order valence-electron chi connectivity index (χ2n) is 5.52. The van der Waals surface area contributed by atoms with Crippen LogP contribution in [0.25, 0.3) is 11.0 Å². The molecule has 1 N–H and O–H groups in total. The van der Waals surface area contributed by atoms with Crippen molar-refractivity contribution in [1.29, 1.82) is 0 Å². The van der Waals surface area contributed by atoms with Crippen LogP contribution in [0.5, 0.6) is 23.1 Å². The largest absolute Gasteiger partial charge is 0.493 e. The Balaban J connectivity index is 2.14. The molecule has 3 rings (SSSR count). The fourth-order valence-corrected chi connectivity index (χ4v) is 2.86. The summed E-state index contributed by atoms with van der Waals surface area (Å²) in [5.74, 6) is 2.39. The number of alkyl halides is 1. The van der Waals surface area contributed by atoms with E-state index in [9.17, 15) is 4.39 Å². The molecule has 2 heterocycles. The van der Waals surface area contributed by atoms with Crippen molar-refractivity contribution in [1.82, 2.24) is 15.2 Å². The summed E-state index contributed by atoms with van der Waals surface area (Å²) >= 11 is 0. The second-order valence-corrected chi connectivity index (χ2v) is 5.52. The van der Waals surface area contributed by atoms with Crippen LogP contribution in [0, 0.1) is 0 Å². The van der Waals surface area contributed by atoms with Crippen LogP contribution in [0.4, 0.5) is 15.9 Å². The molecule has 0 aliphatic heterocycles. The highest BCUT2D eigenvalue weighted by Crippen LogP contribution is 2.43. The van der Waals surface area contributed by atoms with Gasteiger partial charge in [-0.2, -0.15) is 10.1 Å². The van der Waals surface area contributed by atoms with E-state index in [0.29, 0.717) is 40.3 Å². The van der Waals surface area contributed by atoms with Crippen molar-refractivity contribution in [2.75, 3.05) is 46.6 Å². The van der Waals surface area contributed by atoms with Crippen LogP contribution >= 0.6 is 0 Å². The second kappa shape index (κ2) is 7.98. The van der Waals surface area contributed by atoms with Gasteiger partial charge in [-0.05, 0) is 6.07 Å². The van der Waals surface area contributed by atoms with E-state index in [2.05, 4.69) is 15.2 Å². The van der Waals surface area contributed by atoms with Gasteiger partial charge < -0.3 is 23.8 Å². The molecule has 0 bridgehead atoms. The third-order valence-corrected chi connectivity index (χ3v) is 4.11. The van der Waals surface area contributed by atoms with Crippen molar-refractivity contribution in [2.45, 2.75) is 0 Å². The first-order valence-corrected chi connectivity index (χ1v) is 8.19. The molecule has 9 heteroatoms. The number of hydrogen-bond donors (Lipinski definition) is 1. The summed E-state index contributed by atoms with van der Waals surface area (Å²) in [4.78, 5) is 6.04. The number of rotatable bonds is 8. The molecule has 0 fully saturated rings. The lowest BCUT2D eigenvalue weighted by atomic mass is 10.2. The Labute approximate surface area is 155 Å². The minimum atomic E-state index is -0.575. The minimum Gasteiger partial charge on any atom is -0.493 e. The smallest absolute Gasteiger partial charge is 0.214 e. The van der Waals surface area contributed by atoms with Crippen molar-refractivity contribution in [3.05, 3.63) is 24.3 Å². The predicted molar refractivity (Wildman–Crippen MR) is 99.5 cm³/mol. The van der Waals surface area contributed by atoms with Crippen LogP contribution in [-0.4, -0.2) is 56.8 Å². The summed E-state index contributed by atoms with van der Waals surface area (Å²) in [7, 11) is 6.12. The van der Waals surface area contributed by atoms with Crippen molar-refractivity contribution < 1.29 is 23.3 Å². The van der Waals surface area contributed by atoms with Gasteiger partial charge in [-0.3, -0.25) is 5.10 Å². The van der Waals surface area contributed by atoms with Crippen LogP contribution in [0.15, 0.2) is 24.3 Å². The molecular weight excluding hydrogens is 355 g/mol. The number of nitrogens with zero attached hydrogens (tertiary/aromatic N) is 3. The van der Waals surface area contributed by atoms with Crippen molar-refractivity contribution >= 4 is 22.5 Å². The average Bonchev–Trinajstić information content (AvgIpc) is 3.13. The molecule has 0 aliphatic carbocycles. The van der Waals surface area contributed by atoms with Gasteiger partial charge in [-0.25, -0.2) is 4.39 Å². The van der Waals surface area contributed by atoms with Gasteiger partial charge in [0.1, 0.15) is 6.67 Å². The number of halogens is 1. The number of benzene rings is 1. The van der Waals surface area contributed by atoms with Gasteiger partial charge in [-0.15, -0.1) is 0 Å². The SMILES string of the molecule is COc1ccc2c(N(CCF)c3cc(OC)c(OC)c(OC)c3)n[nH]c2n1. The monoisotopic (exact) mass is 376 g/mol. The van der Waals surface area contributed by atoms with Crippen LogP contribution in [0.3, 0.4) is 0 Å². The number of aromatic nitrogens is 3. The standard InChI is InChI=1S/C18H21FN4O4/c1-24-13-9-11(10-14(25-2)16(13)27-4)23(8-7-19)18-12-5-6-15(26-3)20-17(12)21-22-18/h5-6,9-10H,7-8H2,1-4H3,(H,20,21,22). The summed E-state index contributed by atoms with van der Waals surface area (Å²) in [5.41, 5.74) is 1.19. The zero-order valence-electron chi connectivity index (χ0n) is 15.6. The van der Waals surface area contributed by atoms with E-state index >= 15 is 0 Å². The number of anilines is 2. The molecule has 2 aromatic heterocycles. The summed E-state index contributed by atoms with van der Waals surface area (Å²) in [5, 5.41) is 7.92. The summed E-state index contributed by atoms with van der Waals surface area (Å²) in [6.07, 6.45) is 0. The van der Waals surface area contributed by atoms with Crippen LogP contribution in [0.2, 0.25) is 0 Å². The fourth-order valence-electron chi connectivity index (χ4n) is 2.86. The van der Waals surface area contributed by atoms with Crippen molar-refractivity contribution in [3.63, 3.8) is 0 Å². The van der Waals surface area contributed by atoms with Gasteiger partial charge >= 0.3 is 0 Å². The molecule has 3 aromatic rings. The number of fused-ring (bicyclic) bond motifs is 1. The normalized spacial score (nSPS) is 10.7. The minimum absolute atomic E-state index is 0.0879. The summed E-state index contributed by atoms with van der Waals surface area (Å²) in [6.45, 7) is -0.487. The van der Waals surface area contributed by atoms with E-state index in [4.69, 9.17) is 18.9 Å². The molecule has 144 valence electrons. The molecule has 1 aromatic carbocycles. The first-order chi connectivity index (χ1) is 13.2. The molecule has 0 amide bonds. The third kappa shape index (κ3) is 3.40. The first-order valence-electron chi connectivity index (χ1n) is 8.19. The first kappa shape index (κ1) is 18.6. The molecule has 27 heavy (non-hydrogen) atoms. The molecule has 0 aliphatic rings. The third-order valence-electron chi connectivity index (χ3n) is 4.11. The van der Waals surface area contributed by atoms with Gasteiger partial charge in [0.05, 0.1) is 46.1 Å². The van der Waals surface area contributed by atoms with E-state index in [0.717, 1.165) is 5.39 Å². The van der Waals surface area contributed by atoms with Crippen molar-refractivity contribution in [3.8, 4) is 23.1 Å². The van der Waals surface area contributed by atoms with Gasteiger partial charge in [0.15, 0.2) is 23.0 Å². The Hall–Kier alpha value is -3.23. The van der Waals surface area contributed by atoms with Crippen LogP contribution < -0.4 is 23.8 Å². The van der Waals surface area contributed by atoms with Gasteiger partial charge in [0, 0.05) is 18.2 Å². The number of hydrogen-bond acceptors (Lipinski definition) is 7. The lowest BCUT2D eigenvalue weighted by Crippen LogP contribution is -2.20. The fraction of sp³-hybridized carbons (Fsp3) is 0.333. The van der Waals surface area contributed by atoms with Gasteiger partial charge in [-0.1, -0.05) is 0 Å². The van der Waals surface area contributed by atoms with E-state index < -0.39 is 6.67 Å². The highest BCUT2D eigenvalue weighted by Gasteiger charge is 2.21. The Morgan fingerprint density at radius 3 is 2.26 bits per heavy atom. The molecule has 8 nitrogen and oxygen atoms in total. The number of nitrogens with one attached hydrogen (secondary N) is 1. The van der Waals surface area contributed by atoms with E-state index in [1.54, 1.807) is 23.1 Å². The van der Waals surface area contributed by atoms with Gasteiger partial charge in [0.25, 0.3) is 0 Å². The Morgan fingerprint density at radius 1 is 1.00 bits per heavy atom. The van der Waals surface area contributed by atoms with Crippen molar-refractivity contribution in [2.24, 2.45) is 0 Å². The number of pyridine rings is 1. The Bertz CT molecular complexity index is 906. The Morgan fingerprint density at radius 2 is 1.70 bits per heavy atom. The highest BCUT2D eigenvalue weighted by molar-refractivity contribution is 5.90. The predicted octanol–water partition coefficient (Wildman–Crippen LogP) is 3.10. The molecule has 0 atom stereocenters. The maximum atomic E-state index is 13.3. The lowest BCUT2D eigenvalue weighted by Gasteiger charge is -2.23. The number of H-pyrrole nitrogens is 1. The maximum absolute atomic E-state index is 13.3. The van der Waals surface area contributed by atoms with E-state index in [1.807, 2.05) is 6.07 Å². The molecule has 0 saturated carbocycles.